The van der Waals surface area contributed by atoms with Crippen LogP contribution in [-0.2, 0) is 11.3 Å². The third-order valence-electron chi connectivity index (χ3n) is 3.60. The van der Waals surface area contributed by atoms with Crippen molar-refractivity contribution in [2.24, 2.45) is 0 Å². The second kappa shape index (κ2) is 8.85. The Morgan fingerprint density at radius 3 is 2.54 bits per heavy atom. The second-order valence-electron chi connectivity index (χ2n) is 5.47. The lowest BCUT2D eigenvalue weighted by atomic mass is 10.1. The molecule has 1 aromatic heterocycles. The topological polar surface area (TPSA) is 49.2 Å². The van der Waals surface area contributed by atoms with Crippen molar-refractivity contribution >= 4 is 23.2 Å². The van der Waals surface area contributed by atoms with Gasteiger partial charge in [0.1, 0.15) is 30.3 Å². The average molecular weight is 390 g/mol. The van der Waals surface area contributed by atoms with Crippen molar-refractivity contribution in [3.05, 3.63) is 83.4 Å². The number of nitrogens with zero attached hydrogens (tertiary/aromatic N) is 3. The van der Waals surface area contributed by atoms with Gasteiger partial charge in [0.05, 0.1) is 18.2 Å². The van der Waals surface area contributed by atoms with Crippen LogP contribution in [0, 0.1) is 0 Å². The lowest BCUT2D eigenvalue weighted by Gasteiger charge is -2.19. The lowest BCUT2D eigenvalue weighted by molar-refractivity contribution is 0.0579. The normalized spacial score (nSPS) is 11.9. The molecule has 1 atom stereocenters. The molecule has 0 amide bonds. The Bertz CT molecular complexity index is 852. The third kappa shape index (κ3) is 4.85. The molecule has 0 aliphatic carbocycles. The third-order valence-corrected chi connectivity index (χ3v) is 4.18. The van der Waals surface area contributed by atoms with Crippen LogP contribution in [0.5, 0.6) is 11.5 Å². The molecule has 0 saturated heterocycles. The first-order valence-electron chi connectivity index (χ1n) is 7.93. The smallest absolute Gasteiger partial charge is 0.137 e. The zero-order valence-electron chi connectivity index (χ0n) is 13.9. The predicted octanol–water partition coefficient (Wildman–Crippen LogP) is 5.32. The maximum atomic E-state index is 6.48. The van der Waals surface area contributed by atoms with Crippen molar-refractivity contribution in [1.29, 1.82) is 0 Å². The van der Waals surface area contributed by atoms with Crippen LogP contribution in [0.15, 0.2) is 67.8 Å². The molecule has 5 nitrogen and oxygen atoms in total. The minimum Gasteiger partial charge on any atom is -0.457 e. The van der Waals surface area contributed by atoms with Crippen LogP contribution in [-0.4, -0.2) is 21.4 Å². The maximum Gasteiger partial charge on any atom is 0.137 e. The van der Waals surface area contributed by atoms with Gasteiger partial charge in [-0.2, -0.15) is 5.10 Å². The highest BCUT2D eigenvalue weighted by Gasteiger charge is 2.17. The molecule has 2 aromatic carbocycles. The van der Waals surface area contributed by atoms with Crippen molar-refractivity contribution in [2.45, 2.75) is 12.6 Å². The molecule has 0 N–H and O–H groups in total. The van der Waals surface area contributed by atoms with E-state index in [0.717, 1.165) is 5.56 Å². The minimum absolute atomic E-state index is 0.285. The van der Waals surface area contributed by atoms with Crippen LogP contribution in [0.25, 0.3) is 0 Å². The number of hydrogen-bond acceptors (Lipinski definition) is 4. The van der Waals surface area contributed by atoms with Crippen LogP contribution < -0.4 is 4.74 Å². The largest absolute Gasteiger partial charge is 0.457 e. The van der Waals surface area contributed by atoms with Crippen LogP contribution >= 0.6 is 23.2 Å². The van der Waals surface area contributed by atoms with Gasteiger partial charge in [-0.15, -0.1) is 6.58 Å². The Labute approximate surface area is 161 Å². The SMILES string of the molecule is C=CCOC(Cn1cncn1)c1ccc(Oc2ccc(Cl)cc2)cc1Cl. The number of benzene rings is 2. The summed E-state index contributed by atoms with van der Waals surface area (Å²) in [7, 11) is 0. The highest BCUT2D eigenvalue weighted by atomic mass is 35.5. The van der Waals surface area contributed by atoms with Gasteiger partial charge in [0.2, 0.25) is 0 Å². The van der Waals surface area contributed by atoms with Gasteiger partial charge in [-0.3, -0.25) is 4.68 Å². The van der Waals surface area contributed by atoms with E-state index in [1.54, 1.807) is 47.4 Å². The minimum atomic E-state index is -0.285. The quantitative estimate of drug-likeness (QED) is 0.489. The molecule has 0 fully saturated rings. The van der Waals surface area contributed by atoms with Crippen molar-refractivity contribution in [2.75, 3.05) is 6.61 Å². The van der Waals surface area contributed by atoms with Crippen LogP contribution in [0.3, 0.4) is 0 Å². The molecular formula is C19H17Cl2N3O2. The summed E-state index contributed by atoms with van der Waals surface area (Å²) in [5.74, 6) is 1.31. The van der Waals surface area contributed by atoms with Gasteiger partial charge in [-0.1, -0.05) is 35.3 Å². The highest BCUT2D eigenvalue weighted by Crippen LogP contribution is 2.32. The molecule has 1 heterocycles. The Morgan fingerprint density at radius 1 is 1.12 bits per heavy atom. The standard InChI is InChI=1S/C19H17Cl2N3O2/c1-2-9-25-19(11-24-13-22-12-23-24)17-8-7-16(10-18(17)21)26-15-5-3-14(20)4-6-15/h2-8,10,12-13,19H,1,9,11H2. The van der Waals surface area contributed by atoms with E-state index in [1.807, 2.05) is 12.1 Å². The number of rotatable bonds is 8. The first-order valence-corrected chi connectivity index (χ1v) is 8.69. The summed E-state index contributed by atoms with van der Waals surface area (Å²) < 4.78 is 13.4. The van der Waals surface area contributed by atoms with Crippen molar-refractivity contribution in [3.8, 4) is 11.5 Å². The van der Waals surface area contributed by atoms with E-state index in [0.29, 0.717) is 34.7 Å². The molecule has 0 aliphatic heterocycles. The number of aromatic nitrogens is 3. The van der Waals surface area contributed by atoms with E-state index in [-0.39, 0.29) is 6.10 Å². The Hall–Kier alpha value is -2.34. The monoisotopic (exact) mass is 389 g/mol. The Morgan fingerprint density at radius 2 is 1.88 bits per heavy atom. The van der Waals surface area contributed by atoms with E-state index in [2.05, 4.69) is 16.7 Å². The molecule has 0 aliphatic rings. The summed E-state index contributed by atoms with van der Waals surface area (Å²) in [6.07, 6.45) is 4.53. The van der Waals surface area contributed by atoms with Gasteiger partial charge in [-0.05, 0) is 36.4 Å². The molecule has 0 saturated carbocycles. The summed E-state index contributed by atoms with van der Waals surface area (Å²) in [4.78, 5) is 3.95. The molecule has 134 valence electrons. The average Bonchev–Trinajstić information content (AvgIpc) is 3.14. The Balaban J connectivity index is 1.78. The van der Waals surface area contributed by atoms with Crippen LogP contribution in [0.4, 0.5) is 0 Å². The number of hydrogen-bond donors (Lipinski definition) is 0. The van der Waals surface area contributed by atoms with Gasteiger partial charge >= 0.3 is 0 Å². The Kier molecular flexibility index (Phi) is 6.28. The van der Waals surface area contributed by atoms with Crippen molar-refractivity contribution < 1.29 is 9.47 Å². The first kappa shape index (κ1) is 18.5. The molecule has 3 aromatic rings. The molecule has 0 radical (unpaired) electrons. The molecular weight excluding hydrogens is 373 g/mol. The van der Waals surface area contributed by atoms with Gasteiger partial charge in [0.15, 0.2) is 0 Å². The van der Waals surface area contributed by atoms with Crippen LogP contribution in [0.2, 0.25) is 10.0 Å². The molecule has 26 heavy (non-hydrogen) atoms. The van der Waals surface area contributed by atoms with Crippen LogP contribution in [0.1, 0.15) is 11.7 Å². The predicted molar refractivity (Wildman–Crippen MR) is 102 cm³/mol. The van der Waals surface area contributed by atoms with Gasteiger partial charge in [-0.25, -0.2) is 4.98 Å². The van der Waals surface area contributed by atoms with Gasteiger partial charge in [0.25, 0.3) is 0 Å². The second-order valence-corrected chi connectivity index (χ2v) is 6.31. The van der Waals surface area contributed by atoms with E-state index < -0.39 is 0 Å². The highest BCUT2D eigenvalue weighted by molar-refractivity contribution is 6.31. The summed E-state index contributed by atoms with van der Waals surface area (Å²) in [5, 5.41) is 5.32. The van der Waals surface area contributed by atoms with E-state index >= 15 is 0 Å². The fourth-order valence-corrected chi connectivity index (χ4v) is 2.81. The molecule has 1 unspecified atom stereocenters. The van der Waals surface area contributed by atoms with E-state index in [9.17, 15) is 0 Å². The molecule has 0 spiro atoms. The lowest BCUT2D eigenvalue weighted by Crippen LogP contribution is -2.14. The van der Waals surface area contributed by atoms with Gasteiger partial charge in [0, 0.05) is 10.6 Å². The summed E-state index contributed by atoms with van der Waals surface area (Å²) in [6, 6.07) is 12.6. The summed E-state index contributed by atoms with van der Waals surface area (Å²) in [6.45, 7) is 4.58. The zero-order chi connectivity index (χ0) is 18.4. The summed E-state index contributed by atoms with van der Waals surface area (Å²) in [5.41, 5.74) is 0.840. The first-order chi connectivity index (χ1) is 12.7. The fourth-order valence-electron chi connectivity index (χ4n) is 2.39. The number of halogens is 2. The van der Waals surface area contributed by atoms with Crippen molar-refractivity contribution in [3.63, 3.8) is 0 Å². The molecule has 7 heteroatoms. The number of ether oxygens (including phenoxy) is 2. The van der Waals surface area contributed by atoms with E-state index in [1.165, 1.54) is 6.33 Å². The van der Waals surface area contributed by atoms with Gasteiger partial charge < -0.3 is 9.47 Å². The fraction of sp³-hybridized carbons (Fsp3) is 0.158. The molecule has 0 bridgehead atoms. The molecule has 3 rings (SSSR count). The zero-order valence-corrected chi connectivity index (χ0v) is 15.4. The van der Waals surface area contributed by atoms with Crippen molar-refractivity contribution in [1.82, 2.24) is 14.8 Å². The maximum absolute atomic E-state index is 6.48. The summed E-state index contributed by atoms with van der Waals surface area (Å²) >= 11 is 12.4. The van der Waals surface area contributed by atoms with E-state index in [4.69, 9.17) is 32.7 Å².